The fraction of sp³-hybridized carbons (Fsp3) is 0.435. The van der Waals surface area contributed by atoms with Crippen LogP contribution in [0.2, 0.25) is 0 Å². The second-order valence-electron chi connectivity index (χ2n) is 7.98. The molecule has 1 N–H and O–H groups in total. The molecule has 0 spiro atoms. The van der Waals surface area contributed by atoms with Crippen molar-refractivity contribution in [2.75, 3.05) is 17.2 Å². The van der Waals surface area contributed by atoms with Gasteiger partial charge in [-0.2, -0.15) is 11.8 Å². The number of anilines is 1. The minimum atomic E-state index is -0.00370. The number of fused-ring (bicyclic) bond motifs is 4. The molecule has 0 saturated heterocycles. The second-order valence-corrected chi connectivity index (χ2v) is 10.2. The Hall–Kier alpha value is -2.12. The molecule has 2 aromatic heterocycles. The maximum atomic E-state index is 12.8. The zero-order chi connectivity index (χ0) is 20.5. The van der Waals surface area contributed by atoms with Crippen LogP contribution in [0.15, 0.2) is 29.1 Å². The van der Waals surface area contributed by atoms with Crippen molar-refractivity contribution in [2.45, 2.75) is 50.7 Å². The maximum Gasteiger partial charge on any atom is 0.259 e. The zero-order valence-electron chi connectivity index (χ0n) is 16.9. The first-order valence-corrected chi connectivity index (χ1v) is 12.7. The summed E-state index contributed by atoms with van der Waals surface area (Å²) in [5.41, 5.74) is 3.55. The number of rotatable bonds is 5. The molecule has 0 unspecified atom stereocenters. The summed E-state index contributed by atoms with van der Waals surface area (Å²) in [4.78, 5) is 37.2. The fourth-order valence-corrected chi connectivity index (χ4v) is 6.61. The molecule has 0 bridgehead atoms. The highest BCUT2D eigenvalue weighted by atomic mass is 32.2. The summed E-state index contributed by atoms with van der Waals surface area (Å²) in [5.74, 6) is 2.24. The standard InChI is InChI=1S/C23H25N3O2S2/c27-20(26-12-5-7-15-6-1-3-9-17(15)26)11-13-29-14-19-24-22(28)21-16-8-2-4-10-18(16)30-23(21)25-19/h1,3,6,9H,2,4-5,7-8,10-14H2,(H,24,25,28). The Balaban J connectivity index is 1.21. The summed E-state index contributed by atoms with van der Waals surface area (Å²) in [6.45, 7) is 0.801. The van der Waals surface area contributed by atoms with Gasteiger partial charge in [-0.25, -0.2) is 4.98 Å². The Kier molecular flexibility index (Phi) is 5.65. The molecule has 0 fully saturated rings. The Labute approximate surface area is 183 Å². The molecule has 2 aliphatic rings. The van der Waals surface area contributed by atoms with E-state index in [1.165, 1.54) is 22.4 Å². The third-order valence-corrected chi connectivity index (χ3v) is 8.14. The largest absolute Gasteiger partial charge is 0.312 e. The molecule has 0 atom stereocenters. The third-order valence-electron chi connectivity index (χ3n) is 5.98. The van der Waals surface area contributed by atoms with Crippen LogP contribution in [0.4, 0.5) is 5.69 Å². The van der Waals surface area contributed by atoms with Crippen molar-refractivity contribution in [3.63, 3.8) is 0 Å². The van der Waals surface area contributed by atoms with Gasteiger partial charge in [-0.3, -0.25) is 9.59 Å². The van der Waals surface area contributed by atoms with Crippen LogP contribution in [0.3, 0.4) is 0 Å². The SMILES string of the molecule is O=C(CCSCc1nc2sc3c(c2c(=O)[nH]1)CCCC3)N1CCCc2ccccc21. The van der Waals surface area contributed by atoms with E-state index < -0.39 is 0 Å². The van der Waals surface area contributed by atoms with E-state index in [0.29, 0.717) is 18.0 Å². The number of hydrogen-bond acceptors (Lipinski definition) is 5. The van der Waals surface area contributed by atoms with Crippen LogP contribution in [0.1, 0.15) is 47.5 Å². The monoisotopic (exact) mass is 439 g/mol. The number of hydrogen-bond donors (Lipinski definition) is 1. The highest BCUT2D eigenvalue weighted by Gasteiger charge is 2.22. The highest BCUT2D eigenvalue weighted by molar-refractivity contribution is 7.98. The molecule has 0 radical (unpaired) electrons. The molecule has 3 heterocycles. The number of nitrogens with one attached hydrogen (secondary N) is 1. The van der Waals surface area contributed by atoms with Crippen LogP contribution in [0, 0.1) is 0 Å². The molecule has 1 aliphatic heterocycles. The second kappa shape index (κ2) is 8.55. The van der Waals surface area contributed by atoms with Gasteiger partial charge < -0.3 is 9.88 Å². The van der Waals surface area contributed by atoms with Crippen LogP contribution < -0.4 is 10.5 Å². The number of aryl methyl sites for hydroxylation is 3. The number of thioether (sulfide) groups is 1. The lowest BCUT2D eigenvalue weighted by atomic mass is 9.97. The van der Waals surface area contributed by atoms with Crippen LogP contribution in [-0.2, 0) is 29.8 Å². The van der Waals surface area contributed by atoms with Crippen molar-refractivity contribution in [1.82, 2.24) is 9.97 Å². The first kappa shape index (κ1) is 19.8. The van der Waals surface area contributed by atoms with Crippen molar-refractivity contribution in [1.29, 1.82) is 0 Å². The highest BCUT2D eigenvalue weighted by Crippen LogP contribution is 2.33. The van der Waals surface area contributed by atoms with Gasteiger partial charge in [0.25, 0.3) is 5.56 Å². The number of amides is 1. The first-order chi connectivity index (χ1) is 14.7. The predicted molar refractivity (Wildman–Crippen MR) is 125 cm³/mol. The predicted octanol–water partition coefficient (Wildman–Crippen LogP) is 4.47. The van der Waals surface area contributed by atoms with Crippen molar-refractivity contribution >= 4 is 44.9 Å². The van der Waals surface area contributed by atoms with E-state index in [0.717, 1.165) is 60.3 Å². The van der Waals surface area contributed by atoms with Crippen LogP contribution >= 0.6 is 23.1 Å². The number of H-pyrrole nitrogens is 1. The first-order valence-electron chi connectivity index (χ1n) is 10.7. The molecule has 3 aromatic rings. The number of carbonyl (C=O) groups is 1. The van der Waals surface area contributed by atoms with Crippen LogP contribution in [-0.4, -0.2) is 28.2 Å². The van der Waals surface area contributed by atoms with E-state index in [4.69, 9.17) is 4.98 Å². The van der Waals surface area contributed by atoms with E-state index >= 15 is 0 Å². The summed E-state index contributed by atoms with van der Waals surface area (Å²) in [5, 5.41) is 0.808. The van der Waals surface area contributed by atoms with Crippen molar-refractivity contribution in [2.24, 2.45) is 0 Å². The lowest BCUT2D eigenvalue weighted by molar-refractivity contribution is -0.118. The van der Waals surface area contributed by atoms with Crippen LogP contribution in [0.5, 0.6) is 0 Å². The summed E-state index contributed by atoms with van der Waals surface area (Å²) in [6.07, 6.45) is 6.99. The van der Waals surface area contributed by atoms with Gasteiger partial charge in [-0.1, -0.05) is 18.2 Å². The molecule has 1 amide bonds. The lowest BCUT2D eigenvalue weighted by Gasteiger charge is -2.29. The van der Waals surface area contributed by atoms with E-state index in [-0.39, 0.29) is 11.5 Å². The van der Waals surface area contributed by atoms with Gasteiger partial charge in [0.2, 0.25) is 5.91 Å². The summed E-state index contributed by atoms with van der Waals surface area (Å²) in [7, 11) is 0. The Morgan fingerprint density at radius 3 is 2.97 bits per heavy atom. The normalized spacial score (nSPS) is 15.8. The van der Waals surface area contributed by atoms with E-state index in [2.05, 4.69) is 11.1 Å². The van der Waals surface area contributed by atoms with E-state index in [1.54, 1.807) is 23.1 Å². The molecule has 0 saturated carbocycles. The number of carbonyl (C=O) groups excluding carboxylic acids is 1. The number of aromatic nitrogens is 2. The molecule has 5 nitrogen and oxygen atoms in total. The lowest BCUT2D eigenvalue weighted by Crippen LogP contribution is -2.35. The number of benzene rings is 1. The van der Waals surface area contributed by atoms with Gasteiger partial charge in [-0.15, -0.1) is 11.3 Å². The van der Waals surface area contributed by atoms with Gasteiger partial charge in [0.15, 0.2) is 0 Å². The van der Waals surface area contributed by atoms with Crippen molar-refractivity contribution < 1.29 is 4.79 Å². The molecule has 5 rings (SSSR count). The van der Waals surface area contributed by atoms with Gasteiger partial charge in [0.1, 0.15) is 10.7 Å². The summed E-state index contributed by atoms with van der Waals surface area (Å²) < 4.78 is 0. The number of aromatic amines is 1. The minimum Gasteiger partial charge on any atom is -0.312 e. The van der Waals surface area contributed by atoms with E-state index in [1.807, 2.05) is 23.1 Å². The molecule has 30 heavy (non-hydrogen) atoms. The summed E-state index contributed by atoms with van der Waals surface area (Å²) >= 11 is 3.34. The number of para-hydroxylation sites is 1. The number of thiophene rings is 1. The zero-order valence-corrected chi connectivity index (χ0v) is 18.5. The fourth-order valence-electron chi connectivity index (χ4n) is 4.53. The smallest absolute Gasteiger partial charge is 0.259 e. The molecular weight excluding hydrogens is 414 g/mol. The van der Waals surface area contributed by atoms with Gasteiger partial charge in [-0.05, 0) is 55.7 Å². The number of nitrogens with zero attached hydrogens (tertiary/aromatic N) is 2. The van der Waals surface area contributed by atoms with Gasteiger partial charge in [0, 0.05) is 29.3 Å². The maximum absolute atomic E-state index is 12.8. The minimum absolute atomic E-state index is 0.00370. The molecule has 1 aromatic carbocycles. The average molecular weight is 440 g/mol. The Morgan fingerprint density at radius 2 is 2.03 bits per heavy atom. The van der Waals surface area contributed by atoms with Crippen molar-refractivity contribution in [3.8, 4) is 0 Å². The molecule has 1 aliphatic carbocycles. The average Bonchev–Trinajstić information content (AvgIpc) is 3.15. The van der Waals surface area contributed by atoms with E-state index in [9.17, 15) is 9.59 Å². The quantitative estimate of drug-likeness (QED) is 0.596. The molecule has 7 heteroatoms. The van der Waals surface area contributed by atoms with Crippen molar-refractivity contribution in [3.05, 3.63) is 56.4 Å². The topological polar surface area (TPSA) is 66.1 Å². The van der Waals surface area contributed by atoms with Gasteiger partial charge >= 0.3 is 0 Å². The Bertz CT molecular complexity index is 1150. The molecular formula is C23H25N3O2S2. The van der Waals surface area contributed by atoms with Crippen LogP contribution in [0.25, 0.3) is 10.2 Å². The Morgan fingerprint density at radius 1 is 1.17 bits per heavy atom. The van der Waals surface area contributed by atoms with Gasteiger partial charge in [0.05, 0.1) is 11.1 Å². The molecule has 156 valence electrons. The summed E-state index contributed by atoms with van der Waals surface area (Å²) in [6, 6.07) is 8.20. The third kappa shape index (κ3) is 3.81.